The van der Waals surface area contributed by atoms with Gasteiger partial charge in [0.05, 0.1) is 24.8 Å². The Hall–Kier alpha value is -4.54. The van der Waals surface area contributed by atoms with Crippen molar-refractivity contribution in [2.75, 3.05) is 31.6 Å². The third-order valence-corrected chi connectivity index (χ3v) is 10.1. The lowest BCUT2D eigenvalue weighted by molar-refractivity contribution is -0.140. The molecule has 2 amide bonds. The Bertz CT molecular complexity index is 1810. The SMILES string of the molecule is CCCCNC(=O)[C@H](Cc1ccccc1)N(Cc1ccc(Cl)cc1)C(=O)CN(c1cc(C)cc(C)c1)S(=O)(=O)c1ccc(OC)c(OC)c1. The molecule has 0 fully saturated rings. The van der Waals surface area contributed by atoms with Crippen molar-refractivity contribution in [3.05, 3.63) is 118 Å². The lowest BCUT2D eigenvalue weighted by atomic mass is 10.0. The minimum absolute atomic E-state index is 0.0474. The molecular formula is C38H44ClN3O6S. The Kier molecular flexibility index (Phi) is 13.1. The third kappa shape index (κ3) is 9.77. The van der Waals surface area contributed by atoms with Crippen LogP contribution in [-0.4, -0.2) is 58.5 Å². The van der Waals surface area contributed by atoms with Gasteiger partial charge in [-0.15, -0.1) is 0 Å². The predicted octanol–water partition coefficient (Wildman–Crippen LogP) is 6.73. The second-order valence-corrected chi connectivity index (χ2v) is 14.2. The van der Waals surface area contributed by atoms with E-state index < -0.39 is 28.5 Å². The summed E-state index contributed by atoms with van der Waals surface area (Å²) in [6.45, 7) is 5.69. The van der Waals surface area contributed by atoms with E-state index in [1.54, 1.807) is 36.4 Å². The molecular weight excluding hydrogens is 662 g/mol. The lowest BCUT2D eigenvalue weighted by Gasteiger charge is -2.34. The van der Waals surface area contributed by atoms with E-state index in [9.17, 15) is 18.0 Å². The lowest BCUT2D eigenvalue weighted by Crippen LogP contribution is -2.53. The number of sulfonamides is 1. The molecule has 0 unspecified atom stereocenters. The normalized spacial score (nSPS) is 11.8. The molecule has 260 valence electrons. The predicted molar refractivity (Wildman–Crippen MR) is 194 cm³/mol. The molecule has 0 aromatic heterocycles. The molecule has 0 aliphatic heterocycles. The number of hydrogen-bond acceptors (Lipinski definition) is 6. The summed E-state index contributed by atoms with van der Waals surface area (Å²) >= 11 is 6.18. The second kappa shape index (κ2) is 17.2. The summed E-state index contributed by atoms with van der Waals surface area (Å²) in [7, 11) is -1.45. The van der Waals surface area contributed by atoms with Gasteiger partial charge < -0.3 is 19.7 Å². The number of unbranched alkanes of at least 4 members (excludes halogenated alkanes) is 1. The molecule has 9 nitrogen and oxygen atoms in total. The molecule has 1 atom stereocenters. The summed E-state index contributed by atoms with van der Waals surface area (Å²) in [5.41, 5.74) is 3.56. The highest BCUT2D eigenvalue weighted by Gasteiger charge is 2.35. The van der Waals surface area contributed by atoms with E-state index in [1.807, 2.05) is 57.2 Å². The molecule has 0 aliphatic carbocycles. The van der Waals surface area contributed by atoms with Crippen LogP contribution in [0.15, 0.2) is 95.9 Å². The standard InChI is InChI=1S/C38H44ClN3O6S/c1-6-7-19-40-38(44)34(23-29-11-9-8-10-12-29)41(25-30-13-15-31(39)16-14-30)37(43)26-42(32-21-27(2)20-28(3)22-32)49(45,46)33-17-18-35(47-4)36(24-33)48-5/h8-18,20-22,24,34H,6-7,19,23,25-26H2,1-5H3,(H,40,44)/t34-/m0/s1. The summed E-state index contributed by atoms with van der Waals surface area (Å²) in [4.78, 5) is 30.0. The van der Waals surface area contributed by atoms with Crippen LogP contribution in [0.3, 0.4) is 0 Å². The van der Waals surface area contributed by atoms with Gasteiger partial charge in [0.1, 0.15) is 12.6 Å². The maximum Gasteiger partial charge on any atom is 0.264 e. The first-order valence-electron chi connectivity index (χ1n) is 16.2. The highest BCUT2D eigenvalue weighted by atomic mass is 35.5. The van der Waals surface area contributed by atoms with Crippen molar-refractivity contribution in [3.63, 3.8) is 0 Å². The van der Waals surface area contributed by atoms with E-state index in [0.29, 0.717) is 23.0 Å². The number of benzene rings is 4. The fraction of sp³-hybridized carbons (Fsp3) is 0.316. The van der Waals surface area contributed by atoms with E-state index in [4.69, 9.17) is 21.1 Å². The largest absolute Gasteiger partial charge is 0.493 e. The monoisotopic (exact) mass is 705 g/mol. The van der Waals surface area contributed by atoms with Gasteiger partial charge in [0.2, 0.25) is 11.8 Å². The van der Waals surface area contributed by atoms with E-state index in [0.717, 1.165) is 39.4 Å². The number of amides is 2. The van der Waals surface area contributed by atoms with Crippen molar-refractivity contribution in [2.45, 2.75) is 57.5 Å². The van der Waals surface area contributed by atoms with Gasteiger partial charge in [-0.05, 0) is 78.9 Å². The first-order valence-corrected chi connectivity index (χ1v) is 18.0. The molecule has 1 N–H and O–H groups in total. The second-order valence-electron chi connectivity index (χ2n) is 11.9. The average molecular weight is 706 g/mol. The summed E-state index contributed by atoms with van der Waals surface area (Å²) in [6, 6.07) is 25.2. The zero-order valence-electron chi connectivity index (χ0n) is 28.6. The number of nitrogens with one attached hydrogen (secondary N) is 1. The number of rotatable bonds is 16. The number of methoxy groups -OCH3 is 2. The highest BCUT2D eigenvalue weighted by molar-refractivity contribution is 7.92. The van der Waals surface area contributed by atoms with Crippen LogP contribution in [0.25, 0.3) is 0 Å². The Morgan fingerprint density at radius 1 is 0.837 bits per heavy atom. The minimum Gasteiger partial charge on any atom is -0.493 e. The van der Waals surface area contributed by atoms with Gasteiger partial charge in [-0.2, -0.15) is 0 Å². The number of ether oxygens (including phenoxy) is 2. The van der Waals surface area contributed by atoms with E-state index in [2.05, 4.69) is 5.32 Å². The van der Waals surface area contributed by atoms with Crippen molar-refractivity contribution >= 4 is 39.1 Å². The van der Waals surface area contributed by atoms with Gasteiger partial charge in [0.25, 0.3) is 10.0 Å². The molecule has 0 spiro atoms. The summed E-state index contributed by atoms with van der Waals surface area (Å²) < 4.78 is 40.9. The van der Waals surface area contributed by atoms with Gasteiger partial charge >= 0.3 is 0 Å². The number of anilines is 1. The van der Waals surface area contributed by atoms with Crippen molar-refractivity contribution in [1.29, 1.82) is 0 Å². The number of carbonyl (C=O) groups is 2. The van der Waals surface area contributed by atoms with Crippen LogP contribution < -0.4 is 19.1 Å². The Morgan fingerprint density at radius 3 is 2.10 bits per heavy atom. The quantitative estimate of drug-likeness (QED) is 0.130. The molecule has 0 saturated carbocycles. The molecule has 4 rings (SSSR count). The van der Waals surface area contributed by atoms with Crippen molar-refractivity contribution in [3.8, 4) is 11.5 Å². The van der Waals surface area contributed by atoms with Crippen LogP contribution in [0.5, 0.6) is 11.5 Å². The van der Waals surface area contributed by atoms with Gasteiger partial charge in [-0.3, -0.25) is 13.9 Å². The first-order chi connectivity index (χ1) is 23.5. The molecule has 0 saturated heterocycles. The zero-order valence-corrected chi connectivity index (χ0v) is 30.2. The van der Waals surface area contributed by atoms with Crippen molar-refractivity contribution in [1.82, 2.24) is 10.2 Å². The van der Waals surface area contributed by atoms with Gasteiger partial charge in [0.15, 0.2) is 11.5 Å². The van der Waals surface area contributed by atoms with Crippen LogP contribution >= 0.6 is 11.6 Å². The Labute approximate surface area is 294 Å². The fourth-order valence-electron chi connectivity index (χ4n) is 5.57. The van der Waals surface area contributed by atoms with Crippen molar-refractivity contribution in [2.24, 2.45) is 0 Å². The van der Waals surface area contributed by atoms with E-state index in [-0.39, 0.29) is 29.5 Å². The Balaban J connectivity index is 1.84. The average Bonchev–Trinajstić information content (AvgIpc) is 3.09. The van der Waals surface area contributed by atoms with Crippen LogP contribution in [0, 0.1) is 13.8 Å². The molecule has 49 heavy (non-hydrogen) atoms. The highest BCUT2D eigenvalue weighted by Crippen LogP contribution is 2.33. The van der Waals surface area contributed by atoms with Crippen LogP contribution in [-0.2, 0) is 32.6 Å². The van der Waals surface area contributed by atoms with Crippen LogP contribution in [0.1, 0.15) is 42.0 Å². The van der Waals surface area contributed by atoms with Crippen LogP contribution in [0.4, 0.5) is 5.69 Å². The smallest absolute Gasteiger partial charge is 0.264 e. The maximum atomic E-state index is 14.7. The number of halogens is 1. The number of carbonyl (C=O) groups excluding carboxylic acids is 2. The van der Waals surface area contributed by atoms with Gasteiger partial charge in [-0.25, -0.2) is 8.42 Å². The number of nitrogens with zero attached hydrogens (tertiary/aromatic N) is 2. The Morgan fingerprint density at radius 2 is 1.49 bits per heavy atom. The minimum atomic E-state index is -4.34. The van der Waals surface area contributed by atoms with Crippen molar-refractivity contribution < 1.29 is 27.5 Å². The summed E-state index contributed by atoms with van der Waals surface area (Å²) in [6.07, 6.45) is 1.89. The molecule has 0 heterocycles. The van der Waals surface area contributed by atoms with Crippen LogP contribution in [0.2, 0.25) is 5.02 Å². The van der Waals surface area contributed by atoms with E-state index in [1.165, 1.54) is 37.3 Å². The van der Waals surface area contributed by atoms with Gasteiger partial charge in [-0.1, -0.05) is 73.5 Å². The van der Waals surface area contributed by atoms with E-state index >= 15 is 0 Å². The molecule has 4 aromatic rings. The topological polar surface area (TPSA) is 105 Å². The summed E-state index contributed by atoms with van der Waals surface area (Å²) in [5, 5.41) is 3.53. The number of aryl methyl sites for hydroxylation is 2. The summed E-state index contributed by atoms with van der Waals surface area (Å²) in [5.74, 6) is -0.279. The molecule has 11 heteroatoms. The molecule has 4 aromatic carbocycles. The number of hydrogen-bond donors (Lipinski definition) is 1. The first kappa shape index (κ1) is 37.3. The van der Waals surface area contributed by atoms with Gasteiger partial charge in [0, 0.05) is 30.6 Å². The fourth-order valence-corrected chi connectivity index (χ4v) is 7.11. The molecule has 0 radical (unpaired) electrons. The maximum absolute atomic E-state index is 14.7. The zero-order chi connectivity index (χ0) is 35.6. The molecule has 0 aliphatic rings. The molecule has 0 bridgehead atoms. The third-order valence-electron chi connectivity index (χ3n) is 8.08.